The summed E-state index contributed by atoms with van der Waals surface area (Å²) < 4.78 is 6.40. The highest BCUT2D eigenvalue weighted by atomic mass is 32.1. The minimum absolute atomic E-state index is 0.0874. The molecular weight excluding hydrogens is 450 g/mol. The predicted octanol–water partition coefficient (Wildman–Crippen LogP) is 4.84. The van der Waals surface area contributed by atoms with Crippen LogP contribution in [0.5, 0.6) is 5.75 Å². The summed E-state index contributed by atoms with van der Waals surface area (Å²) in [6, 6.07) is 9.71. The van der Waals surface area contributed by atoms with Gasteiger partial charge in [-0.15, -0.1) is 22.7 Å². The molecule has 0 spiro atoms. The summed E-state index contributed by atoms with van der Waals surface area (Å²) in [4.78, 5) is 28.1. The molecule has 5 rings (SSSR count). The third-order valence-electron chi connectivity index (χ3n) is 5.09. The molecule has 1 amide bonds. The standard InChI is InChI=1S/C21H21N5O2S3/c1-13-12-29-21(22-13)26-9-7-25(8-10-26)19(27)17-11-16-18(30-17)24-20(31-16)23-14-5-3-4-6-15(14)28-2/h3-6,11-12H,7-10H2,1-2H3,(H,23,24). The maximum atomic E-state index is 13.0. The molecule has 4 aromatic rings. The highest BCUT2D eigenvalue weighted by Crippen LogP contribution is 2.36. The molecule has 0 saturated carbocycles. The second-order valence-electron chi connectivity index (χ2n) is 7.18. The van der Waals surface area contributed by atoms with E-state index in [-0.39, 0.29) is 5.91 Å². The third kappa shape index (κ3) is 4.10. The lowest BCUT2D eigenvalue weighted by molar-refractivity contribution is 0.0751. The number of aryl methyl sites for hydroxylation is 1. The zero-order valence-electron chi connectivity index (χ0n) is 17.1. The number of thiazole rings is 2. The van der Waals surface area contributed by atoms with Crippen molar-refractivity contribution in [3.63, 3.8) is 0 Å². The lowest BCUT2D eigenvalue weighted by atomic mass is 10.3. The number of rotatable bonds is 5. The number of ether oxygens (including phenoxy) is 1. The molecule has 0 unspecified atom stereocenters. The summed E-state index contributed by atoms with van der Waals surface area (Å²) in [6.45, 7) is 5.04. The van der Waals surface area contributed by atoms with E-state index >= 15 is 0 Å². The molecule has 160 valence electrons. The molecule has 0 radical (unpaired) electrons. The number of nitrogens with zero attached hydrogens (tertiary/aromatic N) is 4. The number of aromatic nitrogens is 2. The fourth-order valence-electron chi connectivity index (χ4n) is 3.50. The molecule has 1 aliphatic heterocycles. The van der Waals surface area contributed by atoms with Gasteiger partial charge in [0.25, 0.3) is 5.91 Å². The summed E-state index contributed by atoms with van der Waals surface area (Å²) >= 11 is 4.66. The lowest BCUT2D eigenvalue weighted by Gasteiger charge is -2.34. The van der Waals surface area contributed by atoms with Crippen LogP contribution < -0.4 is 15.0 Å². The van der Waals surface area contributed by atoms with E-state index in [0.717, 1.165) is 54.9 Å². The number of piperazine rings is 1. The van der Waals surface area contributed by atoms with Crippen LogP contribution in [0.1, 0.15) is 15.4 Å². The van der Waals surface area contributed by atoms with Crippen molar-refractivity contribution in [2.45, 2.75) is 6.92 Å². The topological polar surface area (TPSA) is 70.6 Å². The summed E-state index contributed by atoms with van der Waals surface area (Å²) in [7, 11) is 1.65. The number of hydrogen-bond donors (Lipinski definition) is 1. The van der Waals surface area contributed by atoms with E-state index in [9.17, 15) is 4.79 Å². The van der Waals surface area contributed by atoms with E-state index in [1.807, 2.05) is 42.2 Å². The second-order valence-corrected chi connectivity index (χ2v) is 10.1. The van der Waals surface area contributed by atoms with Crippen LogP contribution in [-0.4, -0.2) is 54.1 Å². The van der Waals surface area contributed by atoms with Crippen molar-refractivity contribution < 1.29 is 9.53 Å². The summed E-state index contributed by atoms with van der Waals surface area (Å²) in [5.41, 5.74) is 1.92. The number of para-hydroxylation sites is 2. The number of anilines is 3. The van der Waals surface area contributed by atoms with Gasteiger partial charge in [-0.05, 0) is 25.1 Å². The van der Waals surface area contributed by atoms with E-state index in [2.05, 4.69) is 25.6 Å². The SMILES string of the molecule is COc1ccccc1Nc1nc2sc(C(=O)N3CCN(c4nc(C)cs4)CC3)cc2s1. The zero-order chi connectivity index (χ0) is 21.4. The Kier molecular flexibility index (Phi) is 5.51. The first-order chi connectivity index (χ1) is 15.1. The largest absolute Gasteiger partial charge is 0.495 e. The summed E-state index contributed by atoms with van der Waals surface area (Å²) in [5, 5.41) is 7.21. The maximum absolute atomic E-state index is 13.0. The maximum Gasteiger partial charge on any atom is 0.264 e. The molecule has 31 heavy (non-hydrogen) atoms. The molecular formula is C21H21N5O2S3. The quantitative estimate of drug-likeness (QED) is 0.449. The molecule has 0 atom stereocenters. The first kappa shape index (κ1) is 20.2. The first-order valence-electron chi connectivity index (χ1n) is 9.87. The molecule has 7 nitrogen and oxygen atoms in total. The number of amides is 1. The van der Waals surface area contributed by atoms with Gasteiger partial charge >= 0.3 is 0 Å². The molecule has 1 saturated heterocycles. The second kappa shape index (κ2) is 8.45. The van der Waals surface area contributed by atoms with Gasteiger partial charge in [0.15, 0.2) is 10.3 Å². The number of carbonyl (C=O) groups is 1. The van der Waals surface area contributed by atoms with Crippen LogP contribution in [0.3, 0.4) is 0 Å². The van der Waals surface area contributed by atoms with Crippen LogP contribution >= 0.6 is 34.0 Å². The number of nitrogens with one attached hydrogen (secondary N) is 1. The fraction of sp³-hybridized carbons (Fsp3) is 0.286. The fourth-order valence-corrected chi connectivity index (χ4v) is 6.45. The van der Waals surface area contributed by atoms with E-state index < -0.39 is 0 Å². The monoisotopic (exact) mass is 471 g/mol. The number of methoxy groups -OCH3 is 1. The summed E-state index contributed by atoms with van der Waals surface area (Å²) in [6.07, 6.45) is 0. The molecule has 3 aromatic heterocycles. The van der Waals surface area contributed by atoms with Gasteiger partial charge in [0.2, 0.25) is 0 Å². The molecule has 1 aromatic carbocycles. The Hall–Kier alpha value is -2.69. The average Bonchev–Trinajstić information content (AvgIpc) is 3.49. The minimum atomic E-state index is 0.0874. The molecule has 4 heterocycles. The zero-order valence-corrected chi connectivity index (χ0v) is 19.6. The van der Waals surface area contributed by atoms with E-state index in [1.165, 1.54) is 11.3 Å². The van der Waals surface area contributed by atoms with Gasteiger partial charge in [0.05, 0.1) is 28.1 Å². The first-order valence-corrected chi connectivity index (χ1v) is 12.4. The smallest absolute Gasteiger partial charge is 0.264 e. The Labute approximate surface area is 191 Å². The van der Waals surface area contributed by atoms with Gasteiger partial charge in [0, 0.05) is 31.6 Å². The minimum Gasteiger partial charge on any atom is -0.495 e. The Morgan fingerprint density at radius 2 is 1.94 bits per heavy atom. The van der Waals surface area contributed by atoms with Crippen molar-refractivity contribution in [2.24, 2.45) is 0 Å². The van der Waals surface area contributed by atoms with Gasteiger partial charge in [-0.2, -0.15) is 0 Å². The predicted molar refractivity (Wildman–Crippen MR) is 129 cm³/mol. The normalized spacial score (nSPS) is 14.3. The number of fused-ring (bicyclic) bond motifs is 1. The Balaban J connectivity index is 1.26. The Bertz CT molecular complexity index is 1190. The van der Waals surface area contributed by atoms with Gasteiger partial charge < -0.3 is 19.9 Å². The number of benzene rings is 1. The van der Waals surface area contributed by atoms with E-state index in [1.54, 1.807) is 29.8 Å². The number of carbonyl (C=O) groups excluding carboxylic acids is 1. The van der Waals surface area contributed by atoms with E-state index in [0.29, 0.717) is 13.1 Å². The van der Waals surface area contributed by atoms with Crippen LogP contribution in [0.4, 0.5) is 16.0 Å². The van der Waals surface area contributed by atoms with Crippen molar-refractivity contribution >= 4 is 65.4 Å². The molecule has 1 N–H and O–H groups in total. The van der Waals surface area contributed by atoms with Crippen molar-refractivity contribution in [1.82, 2.24) is 14.9 Å². The van der Waals surface area contributed by atoms with Crippen molar-refractivity contribution in [3.8, 4) is 5.75 Å². The lowest BCUT2D eigenvalue weighted by Crippen LogP contribution is -2.48. The number of hydrogen-bond acceptors (Lipinski definition) is 9. The third-order valence-corrected chi connectivity index (χ3v) is 8.18. The molecule has 1 aliphatic rings. The van der Waals surface area contributed by atoms with Gasteiger partial charge in [-0.3, -0.25) is 4.79 Å². The van der Waals surface area contributed by atoms with Gasteiger partial charge in [-0.25, -0.2) is 9.97 Å². The van der Waals surface area contributed by atoms with Crippen LogP contribution in [0.25, 0.3) is 9.53 Å². The number of thiophene rings is 1. The van der Waals surface area contributed by atoms with Gasteiger partial charge in [-0.1, -0.05) is 23.5 Å². The van der Waals surface area contributed by atoms with Crippen LogP contribution in [0, 0.1) is 6.92 Å². The van der Waals surface area contributed by atoms with Crippen molar-refractivity contribution in [3.05, 3.63) is 46.3 Å². The summed E-state index contributed by atoms with van der Waals surface area (Å²) in [5.74, 6) is 0.855. The highest BCUT2D eigenvalue weighted by Gasteiger charge is 2.25. The Morgan fingerprint density at radius 3 is 2.65 bits per heavy atom. The van der Waals surface area contributed by atoms with Crippen LogP contribution in [0.15, 0.2) is 35.7 Å². The van der Waals surface area contributed by atoms with Crippen molar-refractivity contribution in [2.75, 3.05) is 43.5 Å². The van der Waals surface area contributed by atoms with E-state index in [4.69, 9.17) is 4.74 Å². The van der Waals surface area contributed by atoms with Crippen LogP contribution in [0.2, 0.25) is 0 Å². The molecule has 0 bridgehead atoms. The van der Waals surface area contributed by atoms with Gasteiger partial charge in [0.1, 0.15) is 10.6 Å². The van der Waals surface area contributed by atoms with Crippen LogP contribution in [-0.2, 0) is 0 Å². The Morgan fingerprint density at radius 1 is 1.13 bits per heavy atom. The average molecular weight is 472 g/mol. The molecule has 0 aliphatic carbocycles. The molecule has 10 heteroatoms. The molecule has 1 fully saturated rings. The highest BCUT2D eigenvalue weighted by molar-refractivity contribution is 7.29. The van der Waals surface area contributed by atoms with Crippen molar-refractivity contribution in [1.29, 1.82) is 0 Å².